The molecule has 0 saturated heterocycles. The third kappa shape index (κ3) is 2.90. The summed E-state index contributed by atoms with van der Waals surface area (Å²) in [5, 5.41) is 0. The predicted molar refractivity (Wildman–Crippen MR) is 46.3 cm³/mol. The molecule has 3 nitrogen and oxygen atoms in total. The molecule has 1 rings (SSSR count). The second-order valence-electron chi connectivity index (χ2n) is 2.09. The van der Waals surface area contributed by atoms with Gasteiger partial charge >= 0.3 is 0 Å². The third-order valence-corrected chi connectivity index (χ3v) is 1.24. The van der Waals surface area contributed by atoms with Crippen molar-refractivity contribution in [2.24, 2.45) is 4.99 Å². The molecule has 0 saturated carbocycles. The van der Waals surface area contributed by atoms with Crippen LogP contribution in [0.2, 0.25) is 0 Å². The molecule has 0 aliphatic heterocycles. The van der Waals surface area contributed by atoms with Crippen LogP contribution >= 0.6 is 0 Å². The molecule has 0 atom stereocenters. The van der Waals surface area contributed by atoms with Crippen LogP contribution < -0.4 is 0 Å². The first-order valence-corrected chi connectivity index (χ1v) is 3.54. The molecule has 0 radical (unpaired) electrons. The number of pyridine rings is 1. The van der Waals surface area contributed by atoms with E-state index >= 15 is 0 Å². The highest BCUT2D eigenvalue weighted by molar-refractivity contribution is 5.44. The summed E-state index contributed by atoms with van der Waals surface area (Å²) in [4.78, 5) is 17.1. The molecule has 0 bridgehead atoms. The van der Waals surface area contributed by atoms with Crippen LogP contribution in [-0.4, -0.2) is 17.6 Å². The SMILES string of the molecule is O=C=NC/C=C\c1ccccn1. The second-order valence-corrected chi connectivity index (χ2v) is 2.09. The summed E-state index contributed by atoms with van der Waals surface area (Å²) in [6.07, 6.45) is 6.73. The van der Waals surface area contributed by atoms with Gasteiger partial charge in [0.1, 0.15) is 0 Å². The number of isocyanates is 1. The minimum Gasteiger partial charge on any atom is -0.257 e. The molecule has 0 N–H and O–H groups in total. The fraction of sp³-hybridized carbons (Fsp3) is 0.111. The van der Waals surface area contributed by atoms with Crippen molar-refractivity contribution in [2.75, 3.05) is 6.54 Å². The molecule has 0 aliphatic rings. The summed E-state index contributed by atoms with van der Waals surface area (Å²) < 4.78 is 0. The Kier molecular flexibility index (Phi) is 3.48. The van der Waals surface area contributed by atoms with Gasteiger partial charge in [-0.1, -0.05) is 12.1 Å². The Morgan fingerprint density at radius 2 is 2.50 bits per heavy atom. The van der Waals surface area contributed by atoms with E-state index in [-0.39, 0.29) is 0 Å². The van der Waals surface area contributed by atoms with Crippen LogP contribution in [0, 0.1) is 0 Å². The van der Waals surface area contributed by atoms with Gasteiger partial charge in [-0.15, -0.1) is 0 Å². The van der Waals surface area contributed by atoms with E-state index < -0.39 is 0 Å². The fourth-order valence-corrected chi connectivity index (χ4v) is 0.738. The topological polar surface area (TPSA) is 42.3 Å². The second kappa shape index (κ2) is 4.99. The molecule has 12 heavy (non-hydrogen) atoms. The number of nitrogens with zero attached hydrogens (tertiary/aromatic N) is 2. The largest absolute Gasteiger partial charge is 0.257 e. The van der Waals surface area contributed by atoms with Crippen LogP contribution in [0.15, 0.2) is 35.5 Å². The first kappa shape index (κ1) is 8.37. The molecule has 1 heterocycles. The number of carbonyl (C=O) groups excluding carboxylic acids is 1. The number of rotatable bonds is 3. The predicted octanol–water partition coefficient (Wildman–Crippen LogP) is 1.43. The summed E-state index contributed by atoms with van der Waals surface area (Å²) in [5.74, 6) is 0. The van der Waals surface area contributed by atoms with Crippen LogP contribution in [0.3, 0.4) is 0 Å². The summed E-state index contributed by atoms with van der Waals surface area (Å²) in [5.41, 5.74) is 0.860. The van der Waals surface area contributed by atoms with E-state index in [0.29, 0.717) is 6.54 Å². The van der Waals surface area contributed by atoms with Crippen molar-refractivity contribution < 1.29 is 4.79 Å². The summed E-state index contributed by atoms with van der Waals surface area (Å²) in [6.45, 7) is 0.361. The van der Waals surface area contributed by atoms with Crippen molar-refractivity contribution in [2.45, 2.75) is 0 Å². The van der Waals surface area contributed by atoms with Crippen LogP contribution in [0.25, 0.3) is 6.08 Å². The van der Waals surface area contributed by atoms with Crippen molar-refractivity contribution in [3.05, 3.63) is 36.2 Å². The minimum absolute atomic E-state index is 0.361. The highest BCUT2D eigenvalue weighted by Crippen LogP contribution is 1.95. The zero-order valence-electron chi connectivity index (χ0n) is 6.47. The van der Waals surface area contributed by atoms with E-state index in [9.17, 15) is 4.79 Å². The molecule has 0 aliphatic carbocycles. The zero-order chi connectivity index (χ0) is 8.65. The van der Waals surface area contributed by atoms with E-state index in [1.807, 2.05) is 18.2 Å². The van der Waals surface area contributed by atoms with Gasteiger partial charge in [0.25, 0.3) is 0 Å². The van der Waals surface area contributed by atoms with Gasteiger partial charge in [0, 0.05) is 6.20 Å². The number of hydrogen-bond acceptors (Lipinski definition) is 3. The molecule has 60 valence electrons. The van der Waals surface area contributed by atoms with Gasteiger partial charge in [0.15, 0.2) is 0 Å². The van der Waals surface area contributed by atoms with Crippen LogP contribution in [0.4, 0.5) is 0 Å². The summed E-state index contributed by atoms with van der Waals surface area (Å²) in [6, 6.07) is 5.62. The quantitative estimate of drug-likeness (QED) is 0.495. The monoisotopic (exact) mass is 160 g/mol. The molecule has 1 aromatic rings. The van der Waals surface area contributed by atoms with E-state index in [0.717, 1.165) is 5.69 Å². The van der Waals surface area contributed by atoms with Gasteiger partial charge in [0.05, 0.1) is 12.2 Å². The molecule has 1 aromatic heterocycles. The standard InChI is InChI=1S/C9H8N2O/c12-8-10-6-3-5-9-4-1-2-7-11-9/h1-5,7H,6H2/b5-3-. The summed E-state index contributed by atoms with van der Waals surface area (Å²) in [7, 11) is 0. The van der Waals surface area contributed by atoms with Gasteiger partial charge in [-0.25, -0.2) is 9.79 Å². The number of hydrogen-bond donors (Lipinski definition) is 0. The lowest BCUT2D eigenvalue weighted by Crippen LogP contribution is -1.77. The minimum atomic E-state index is 0.361. The Hall–Kier alpha value is -1.73. The Morgan fingerprint density at radius 3 is 3.17 bits per heavy atom. The first-order chi connectivity index (χ1) is 5.93. The third-order valence-electron chi connectivity index (χ3n) is 1.24. The first-order valence-electron chi connectivity index (χ1n) is 3.54. The molecular formula is C9H8N2O. The smallest absolute Gasteiger partial charge is 0.235 e. The van der Waals surface area contributed by atoms with Gasteiger partial charge in [0.2, 0.25) is 6.08 Å². The lowest BCUT2D eigenvalue weighted by atomic mass is 10.3. The molecule has 3 heteroatoms. The van der Waals surface area contributed by atoms with E-state index in [1.54, 1.807) is 18.3 Å². The van der Waals surface area contributed by atoms with E-state index in [1.165, 1.54) is 6.08 Å². The van der Waals surface area contributed by atoms with Crippen molar-refractivity contribution in [3.63, 3.8) is 0 Å². The van der Waals surface area contributed by atoms with Gasteiger partial charge in [-0.3, -0.25) is 4.98 Å². The Labute approximate surface area is 70.5 Å². The summed E-state index contributed by atoms with van der Waals surface area (Å²) >= 11 is 0. The van der Waals surface area contributed by atoms with Crippen LogP contribution in [-0.2, 0) is 4.79 Å². The van der Waals surface area contributed by atoms with Crippen LogP contribution in [0.1, 0.15) is 5.69 Å². The van der Waals surface area contributed by atoms with Crippen molar-refractivity contribution in [3.8, 4) is 0 Å². The molecule has 0 spiro atoms. The average Bonchev–Trinajstić information content (AvgIpc) is 2.14. The van der Waals surface area contributed by atoms with Crippen molar-refractivity contribution in [1.82, 2.24) is 4.98 Å². The van der Waals surface area contributed by atoms with Crippen molar-refractivity contribution in [1.29, 1.82) is 0 Å². The highest BCUT2D eigenvalue weighted by atomic mass is 16.1. The highest BCUT2D eigenvalue weighted by Gasteiger charge is 1.81. The van der Waals surface area contributed by atoms with Gasteiger partial charge < -0.3 is 0 Å². The number of aromatic nitrogens is 1. The van der Waals surface area contributed by atoms with E-state index in [4.69, 9.17) is 0 Å². The fourth-order valence-electron chi connectivity index (χ4n) is 0.738. The maximum atomic E-state index is 9.68. The molecule has 0 unspecified atom stereocenters. The lowest BCUT2D eigenvalue weighted by Gasteiger charge is -1.87. The average molecular weight is 160 g/mol. The van der Waals surface area contributed by atoms with Crippen LogP contribution in [0.5, 0.6) is 0 Å². The number of aliphatic imine (C=N–C) groups is 1. The van der Waals surface area contributed by atoms with Crippen molar-refractivity contribution >= 4 is 12.2 Å². The molecular weight excluding hydrogens is 152 g/mol. The van der Waals surface area contributed by atoms with Gasteiger partial charge in [-0.05, 0) is 18.2 Å². The molecule has 0 fully saturated rings. The Balaban J connectivity index is 2.52. The molecule has 0 amide bonds. The Bertz CT molecular complexity index is 300. The van der Waals surface area contributed by atoms with E-state index in [2.05, 4.69) is 9.98 Å². The normalized spacial score (nSPS) is 9.67. The maximum Gasteiger partial charge on any atom is 0.235 e. The Morgan fingerprint density at radius 1 is 1.58 bits per heavy atom. The lowest BCUT2D eigenvalue weighted by molar-refractivity contribution is 0.564. The van der Waals surface area contributed by atoms with Gasteiger partial charge in [-0.2, -0.15) is 0 Å². The maximum absolute atomic E-state index is 9.68. The zero-order valence-corrected chi connectivity index (χ0v) is 6.47. The molecule has 0 aromatic carbocycles.